The van der Waals surface area contributed by atoms with Gasteiger partial charge in [0.1, 0.15) is 5.60 Å². The van der Waals surface area contributed by atoms with Crippen LogP contribution in [-0.4, -0.2) is 13.9 Å². The van der Waals surface area contributed by atoms with Crippen molar-refractivity contribution in [3.05, 3.63) is 6.42 Å². The molecule has 0 heterocycles. The molecule has 2 nitrogen and oxygen atoms in total. The molecule has 0 bridgehead atoms. The molecule has 0 aromatic heterocycles. The second-order valence-corrected chi connectivity index (χ2v) is 10.9. The molecule has 0 amide bonds. The number of hydrogen-bond acceptors (Lipinski definition) is 2. The van der Waals surface area contributed by atoms with E-state index in [4.69, 9.17) is 4.43 Å². The maximum absolute atomic E-state index is 9.64. The topological polar surface area (TPSA) is 33.0 Å². The van der Waals surface area contributed by atoms with Gasteiger partial charge >= 0.3 is 18.9 Å². The molecule has 1 rings (SSSR count). The Balaban J connectivity index is 0.00000256. The SMILES string of the molecule is CC1CC[CH-]C(C)(C)C1(C#N)O[Si](C)(C)C.[Li+]. The van der Waals surface area contributed by atoms with Crippen LogP contribution in [0.1, 0.15) is 33.6 Å². The Morgan fingerprint density at radius 2 is 1.88 bits per heavy atom. The minimum absolute atomic E-state index is 0. The van der Waals surface area contributed by atoms with E-state index in [2.05, 4.69) is 52.9 Å². The summed E-state index contributed by atoms with van der Waals surface area (Å²) in [6, 6.07) is 2.50. The summed E-state index contributed by atoms with van der Waals surface area (Å²) < 4.78 is 6.29. The van der Waals surface area contributed by atoms with E-state index in [0.29, 0.717) is 5.92 Å². The molecule has 0 aliphatic heterocycles. The Labute approximate surface area is 119 Å². The van der Waals surface area contributed by atoms with Crippen LogP contribution in [0.5, 0.6) is 0 Å². The third-order valence-corrected chi connectivity index (χ3v) is 4.47. The first-order chi connectivity index (χ1) is 7.15. The summed E-state index contributed by atoms with van der Waals surface area (Å²) in [4.78, 5) is 0. The van der Waals surface area contributed by atoms with Gasteiger partial charge in [-0.25, -0.2) is 0 Å². The van der Waals surface area contributed by atoms with Crippen LogP contribution in [0.3, 0.4) is 0 Å². The van der Waals surface area contributed by atoms with Gasteiger partial charge in [0.2, 0.25) is 0 Å². The average Bonchev–Trinajstić information content (AvgIpc) is 2.09. The molecular weight excluding hydrogens is 221 g/mol. The number of nitrogens with zero attached hydrogens (tertiary/aromatic N) is 1. The average molecular weight is 245 g/mol. The summed E-state index contributed by atoms with van der Waals surface area (Å²) in [6.45, 7) is 12.9. The first-order valence-corrected chi connectivity index (χ1v) is 9.51. The molecule has 1 aliphatic rings. The molecule has 0 N–H and O–H groups in total. The van der Waals surface area contributed by atoms with Crippen LogP contribution < -0.4 is 18.9 Å². The predicted molar refractivity (Wildman–Crippen MR) is 69.3 cm³/mol. The van der Waals surface area contributed by atoms with Crippen molar-refractivity contribution in [2.24, 2.45) is 11.3 Å². The zero-order valence-corrected chi connectivity index (χ0v) is 13.4. The minimum atomic E-state index is -1.71. The van der Waals surface area contributed by atoms with Crippen molar-refractivity contribution in [1.82, 2.24) is 0 Å². The summed E-state index contributed by atoms with van der Waals surface area (Å²) in [5.74, 6) is 0.309. The van der Waals surface area contributed by atoms with Crippen LogP contribution in [0.4, 0.5) is 0 Å². The molecule has 1 fully saturated rings. The van der Waals surface area contributed by atoms with Gasteiger partial charge in [-0.1, -0.05) is 27.2 Å². The normalized spacial score (nSPS) is 32.4. The van der Waals surface area contributed by atoms with E-state index in [0.717, 1.165) is 12.8 Å². The van der Waals surface area contributed by atoms with Crippen LogP contribution in [0.2, 0.25) is 19.6 Å². The molecule has 0 aromatic carbocycles. The standard InChI is InChI=1S/C13H24NOSi.Li/c1-11-8-7-9-12(2,3)13(11,10-14)15-16(4,5)6;/h9,11H,7-8H2,1-6H3;/q-1;+1. The fraction of sp³-hybridized carbons (Fsp3) is 0.846. The largest absolute Gasteiger partial charge is 1.00 e. The van der Waals surface area contributed by atoms with Crippen LogP contribution in [0.15, 0.2) is 0 Å². The van der Waals surface area contributed by atoms with Gasteiger partial charge in [0.15, 0.2) is 8.32 Å². The molecule has 17 heavy (non-hydrogen) atoms. The van der Waals surface area contributed by atoms with Gasteiger partial charge in [0, 0.05) is 0 Å². The smallest absolute Gasteiger partial charge is 0.401 e. The first-order valence-electron chi connectivity index (χ1n) is 6.10. The van der Waals surface area contributed by atoms with E-state index in [-0.39, 0.29) is 24.3 Å². The third kappa shape index (κ3) is 3.39. The van der Waals surface area contributed by atoms with Crippen molar-refractivity contribution in [2.75, 3.05) is 0 Å². The maximum Gasteiger partial charge on any atom is 1.00 e. The summed E-state index contributed by atoms with van der Waals surface area (Å²) >= 11 is 0. The van der Waals surface area contributed by atoms with Crippen molar-refractivity contribution in [1.29, 1.82) is 5.26 Å². The Morgan fingerprint density at radius 1 is 1.35 bits per heavy atom. The summed E-state index contributed by atoms with van der Waals surface area (Å²) in [6.07, 6.45) is 4.41. The molecule has 0 saturated heterocycles. The van der Waals surface area contributed by atoms with Gasteiger partial charge in [-0.15, -0.1) is 5.41 Å². The van der Waals surface area contributed by atoms with Gasteiger partial charge in [-0.05, 0) is 25.6 Å². The molecule has 1 aliphatic carbocycles. The van der Waals surface area contributed by atoms with Gasteiger partial charge in [0.05, 0.1) is 6.07 Å². The number of nitriles is 1. The van der Waals surface area contributed by atoms with Crippen LogP contribution >= 0.6 is 0 Å². The van der Waals surface area contributed by atoms with Crippen LogP contribution in [-0.2, 0) is 4.43 Å². The number of hydrogen-bond donors (Lipinski definition) is 0. The van der Waals surface area contributed by atoms with Crippen molar-refractivity contribution in [3.8, 4) is 6.07 Å². The molecule has 1 saturated carbocycles. The van der Waals surface area contributed by atoms with Gasteiger partial charge in [-0.2, -0.15) is 11.7 Å². The summed E-state index contributed by atoms with van der Waals surface area (Å²) in [7, 11) is -1.71. The molecule has 0 radical (unpaired) electrons. The predicted octanol–water partition coefficient (Wildman–Crippen LogP) is 0.765. The van der Waals surface area contributed by atoms with E-state index in [9.17, 15) is 5.26 Å². The van der Waals surface area contributed by atoms with Crippen molar-refractivity contribution >= 4 is 8.32 Å². The van der Waals surface area contributed by atoms with Crippen molar-refractivity contribution < 1.29 is 23.3 Å². The monoisotopic (exact) mass is 245 g/mol. The molecular formula is C13H24LiNOSi. The van der Waals surface area contributed by atoms with E-state index in [1.165, 1.54) is 0 Å². The minimum Gasteiger partial charge on any atom is -0.401 e. The number of rotatable bonds is 2. The van der Waals surface area contributed by atoms with E-state index < -0.39 is 13.9 Å². The van der Waals surface area contributed by atoms with E-state index >= 15 is 0 Å². The second-order valence-electron chi connectivity index (χ2n) is 6.47. The quantitative estimate of drug-likeness (QED) is 0.532. The Bertz CT molecular complexity index is 306. The zero-order valence-electron chi connectivity index (χ0n) is 12.4. The van der Waals surface area contributed by atoms with Crippen molar-refractivity contribution in [2.45, 2.75) is 58.9 Å². The molecule has 92 valence electrons. The zero-order chi connectivity index (χ0) is 12.6. The fourth-order valence-electron chi connectivity index (χ4n) is 2.68. The van der Waals surface area contributed by atoms with Crippen molar-refractivity contribution in [3.63, 3.8) is 0 Å². The van der Waals surface area contributed by atoms with E-state index in [1.807, 2.05) is 0 Å². The van der Waals surface area contributed by atoms with E-state index in [1.54, 1.807) is 0 Å². The Morgan fingerprint density at radius 3 is 2.24 bits per heavy atom. The van der Waals surface area contributed by atoms with Crippen LogP contribution in [0.25, 0.3) is 0 Å². The van der Waals surface area contributed by atoms with Gasteiger partial charge < -0.3 is 10.8 Å². The molecule has 2 atom stereocenters. The maximum atomic E-state index is 9.64. The molecule has 0 spiro atoms. The Kier molecular flexibility index (Phi) is 5.58. The fourth-order valence-corrected chi connectivity index (χ4v) is 4.15. The van der Waals surface area contributed by atoms with Crippen LogP contribution in [0, 0.1) is 29.1 Å². The third-order valence-electron chi connectivity index (χ3n) is 3.54. The second kappa shape index (κ2) is 5.49. The Hall–Kier alpha value is 0.264. The molecule has 4 heteroatoms. The molecule has 0 aromatic rings. The first kappa shape index (κ1) is 17.3. The summed E-state index contributed by atoms with van der Waals surface area (Å²) in [5.41, 5.74) is -0.782. The summed E-state index contributed by atoms with van der Waals surface area (Å²) in [5, 5.41) is 9.64. The molecule has 2 unspecified atom stereocenters. The van der Waals surface area contributed by atoms with Gasteiger partial charge in [-0.3, -0.25) is 0 Å². The van der Waals surface area contributed by atoms with Gasteiger partial charge in [0.25, 0.3) is 0 Å².